The van der Waals surface area contributed by atoms with Gasteiger partial charge in [-0.25, -0.2) is 0 Å². The van der Waals surface area contributed by atoms with Crippen molar-refractivity contribution in [1.29, 1.82) is 5.41 Å². The molecule has 0 spiro atoms. The van der Waals surface area contributed by atoms with Gasteiger partial charge < -0.3 is 38.9 Å². The summed E-state index contributed by atoms with van der Waals surface area (Å²) in [5.41, 5.74) is 23.8. The Morgan fingerprint density at radius 2 is 1.49 bits per heavy atom. The summed E-state index contributed by atoms with van der Waals surface area (Å²) < 4.78 is 0. The number of nitrogens with one attached hydrogen (secondary N) is 4. The number of carbonyl (C=O) groups is 4. The number of nitrogens with two attached hydrogens (primary N) is 4. The molecule has 0 saturated heterocycles. The lowest BCUT2D eigenvalue weighted by Gasteiger charge is -2.24. The molecule has 2 aromatic rings. The summed E-state index contributed by atoms with van der Waals surface area (Å²) in [5, 5.41) is 15.6. The number of aryl methyl sites for hydroxylation is 1. The van der Waals surface area contributed by atoms with Gasteiger partial charge in [0.25, 0.3) is 0 Å². The number of benzene rings is 2. The Hall–Kier alpha value is -5.20. The molecular weight excluding hydrogens is 550 g/mol. The molecule has 0 saturated carbocycles. The number of amidine groups is 1. The van der Waals surface area contributed by atoms with Crippen molar-refractivity contribution in [3.05, 3.63) is 83.9 Å². The highest BCUT2D eigenvalue weighted by atomic mass is 16.2. The first-order valence-electron chi connectivity index (χ1n) is 13.8. The highest BCUT2D eigenvalue weighted by Gasteiger charge is 2.31. The Labute approximate surface area is 251 Å². The number of amides is 4. The average Bonchev–Trinajstić information content (AvgIpc) is 2.98. The van der Waals surface area contributed by atoms with Gasteiger partial charge in [-0.1, -0.05) is 60.7 Å². The summed E-state index contributed by atoms with van der Waals surface area (Å²) in [4.78, 5) is 56.0. The van der Waals surface area contributed by atoms with Gasteiger partial charge in [-0.05, 0) is 43.2 Å². The molecule has 4 amide bonds. The summed E-state index contributed by atoms with van der Waals surface area (Å²) in [6.07, 6.45) is 2.69. The van der Waals surface area contributed by atoms with Gasteiger partial charge in [0.15, 0.2) is 5.96 Å². The van der Waals surface area contributed by atoms with Crippen molar-refractivity contribution in [1.82, 2.24) is 16.0 Å². The van der Waals surface area contributed by atoms with Crippen molar-refractivity contribution in [2.75, 3.05) is 13.1 Å². The lowest BCUT2D eigenvalue weighted by molar-refractivity contribution is -0.138. The van der Waals surface area contributed by atoms with Crippen LogP contribution in [-0.4, -0.2) is 60.6 Å². The number of carbonyl (C=O) groups excluding carboxylic acids is 4. The largest absolute Gasteiger partial charge is 0.384 e. The zero-order valence-electron chi connectivity index (χ0n) is 24.1. The summed E-state index contributed by atoms with van der Waals surface area (Å²) in [6.45, 7) is 3.98. The zero-order chi connectivity index (χ0) is 31.8. The molecule has 0 aliphatic rings. The summed E-state index contributed by atoms with van der Waals surface area (Å²) in [7, 11) is 0. The van der Waals surface area contributed by atoms with E-state index in [0.717, 1.165) is 5.56 Å². The van der Waals surface area contributed by atoms with E-state index in [1.807, 2.05) is 30.3 Å². The van der Waals surface area contributed by atoms with Crippen molar-refractivity contribution in [2.45, 2.75) is 44.2 Å². The number of aliphatic imine (C=N–C) groups is 1. The molecule has 0 bridgehead atoms. The molecule has 1 unspecified atom stereocenters. The average molecular weight is 592 g/mol. The molecular formula is C30H41N9O4. The van der Waals surface area contributed by atoms with E-state index in [-0.39, 0.29) is 44.1 Å². The van der Waals surface area contributed by atoms with Gasteiger partial charge in [-0.2, -0.15) is 0 Å². The molecule has 43 heavy (non-hydrogen) atoms. The summed E-state index contributed by atoms with van der Waals surface area (Å²) in [5.74, 6) is -3.99. The number of primary amides is 1. The fourth-order valence-electron chi connectivity index (χ4n) is 4.21. The minimum atomic E-state index is -1.19. The maximum absolute atomic E-state index is 13.6. The zero-order valence-corrected chi connectivity index (χ0v) is 24.1. The number of rotatable bonds is 18. The second kappa shape index (κ2) is 17.6. The van der Waals surface area contributed by atoms with Gasteiger partial charge in [0.05, 0.1) is 0 Å². The topological polar surface area (TPSA) is 245 Å². The van der Waals surface area contributed by atoms with Crippen molar-refractivity contribution < 1.29 is 19.2 Å². The molecule has 0 heterocycles. The molecule has 2 rings (SSSR count). The third kappa shape index (κ3) is 12.1. The van der Waals surface area contributed by atoms with E-state index in [1.54, 1.807) is 24.3 Å². The molecule has 0 aliphatic heterocycles. The van der Waals surface area contributed by atoms with Crippen molar-refractivity contribution >= 4 is 35.4 Å². The molecule has 0 aliphatic carbocycles. The first-order valence-corrected chi connectivity index (χ1v) is 13.8. The van der Waals surface area contributed by atoms with Crippen LogP contribution in [0.15, 0.2) is 72.2 Å². The van der Waals surface area contributed by atoms with Crippen molar-refractivity contribution in [2.24, 2.45) is 33.8 Å². The Balaban J connectivity index is 2.27. The number of nitrogens with zero attached hydrogens (tertiary/aromatic N) is 1. The van der Waals surface area contributed by atoms with E-state index in [1.165, 1.54) is 6.08 Å². The molecule has 2 aromatic carbocycles. The van der Waals surface area contributed by atoms with Crippen LogP contribution in [0.4, 0.5) is 0 Å². The van der Waals surface area contributed by atoms with Crippen LogP contribution in [0, 0.1) is 11.3 Å². The van der Waals surface area contributed by atoms with E-state index >= 15 is 0 Å². The van der Waals surface area contributed by atoms with Crippen LogP contribution in [0.5, 0.6) is 0 Å². The number of guanidine groups is 1. The van der Waals surface area contributed by atoms with Gasteiger partial charge in [0.1, 0.15) is 23.8 Å². The van der Waals surface area contributed by atoms with Gasteiger partial charge in [-0.3, -0.25) is 29.6 Å². The fraction of sp³-hybridized carbons (Fsp3) is 0.333. The van der Waals surface area contributed by atoms with Gasteiger partial charge in [0, 0.05) is 18.7 Å². The summed E-state index contributed by atoms with van der Waals surface area (Å²) >= 11 is 0. The maximum atomic E-state index is 13.6. The lowest BCUT2D eigenvalue weighted by atomic mass is 9.95. The van der Waals surface area contributed by atoms with Gasteiger partial charge in [0.2, 0.25) is 23.6 Å². The highest BCUT2D eigenvalue weighted by molar-refractivity contribution is 6.02. The maximum Gasteiger partial charge on any atom is 0.243 e. The predicted molar refractivity (Wildman–Crippen MR) is 166 cm³/mol. The minimum absolute atomic E-state index is 0.0225. The first kappa shape index (κ1) is 34.0. The molecule has 13 nitrogen and oxygen atoms in total. The summed E-state index contributed by atoms with van der Waals surface area (Å²) in [6, 6.07) is 13.9. The van der Waals surface area contributed by atoms with Crippen LogP contribution in [0.2, 0.25) is 0 Å². The normalized spacial score (nSPS) is 12.6. The monoisotopic (exact) mass is 591 g/mol. The quantitative estimate of drug-likeness (QED) is 0.0373. The molecule has 13 heteroatoms. The van der Waals surface area contributed by atoms with Crippen LogP contribution < -0.4 is 38.9 Å². The van der Waals surface area contributed by atoms with E-state index in [4.69, 9.17) is 28.3 Å². The van der Waals surface area contributed by atoms with Crippen LogP contribution in [0.1, 0.15) is 36.0 Å². The fourth-order valence-corrected chi connectivity index (χ4v) is 4.21. The molecule has 12 N–H and O–H groups in total. The van der Waals surface area contributed by atoms with Crippen molar-refractivity contribution in [3.8, 4) is 0 Å². The first-order chi connectivity index (χ1) is 20.5. The Kier molecular flexibility index (Phi) is 13.9. The molecule has 0 aromatic heterocycles. The second-order valence-corrected chi connectivity index (χ2v) is 9.90. The van der Waals surface area contributed by atoms with E-state index in [2.05, 4.69) is 27.5 Å². The standard InChI is InChI=1S/C30H41N9O4/c1-2-16-36-27(41)22(18-20-10-13-21(14-11-20)25(31)32)28(42)39-24(15-12-19-7-4-3-5-8-19)29(43)38-23(26(33)40)9-6-17-37-30(34)35/h2-5,7-8,10-11,13-14,22-24H,1,6,9,12,15-18H2,(H3,31,32)(H2,33,40)(H,36,41)(H,38,43)(H,39,42)(H4,34,35,37)/t22?,23-,24-/m0/s1. The SMILES string of the molecule is C=CCNC(=O)C(Cc1ccc(C(=N)N)cc1)C(=O)N[C@@H](CCc1ccccc1)C(=O)N[C@@H](CCCN=C(N)N)C(N)=O. The number of nitrogen functional groups attached to an aromatic ring is 1. The van der Waals surface area contributed by atoms with Crippen LogP contribution in [-0.2, 0) is 32.0 Å². The van der Waals surface area contributed by atoms with Gasteiger partial charge in [-0.15, -0.1) is 6.58 Å². The van der Waals surface area contributed by atoms with Crippen LogP contribution >= 0.6 is 0 Å². The van der Waals surface area contributed by atoms with E-state index in [0.29, 0.717) is 24.0 Å². The van der Waals surface area contributed by atoms with Crippen LogP contribution in [0.25, 0.3) is 0 Å². The minimum Gasteiger partial charge on any atom is -0.384 e. The smallest absolute Gasteiger partial charge is 0.243 e. The second-order valence-electron chi connectivity index (χ2n) is 9.90. The molecule has 230 valence electrons. The number of hydrogen-bond donors (Lipinski definition) is 8. The van der Waals surface area contributed by atoms with Gasteiger partial charge >= 0.3 is 0 Å². The molecule has 0 radical (unpaired) electrons. The van der Waals surface area contributed by atoms with E-state index in [9.17, 15) is 19.2 Å². The lowest BCUT2D eigenvalue weighted by Crippen LogP contribution is -2.55. The van der Waals surface area contributed by atoms with E-state index < -0.39 is 41.6 Å². The molecule has 3 atom stereocenters. The third-order valence-corrected chi connectivity index (χ3v) is 6.56. The van der Waals surface area contributed by atoms with Crippen LogP contribution in [0.3, 0.4) is 0 Å². The highest BCUT2D eigenvalue weighted by Crippen LogP contribution is 2.14. The number of hydrogen-bond acceptors (Lipinski definition) is 6. The Morgan fingerprint density at radius 1 is 0.837 bits per heavy atom. The molecule has 0 fully saturated rings. The Bertz CT molecular complexity index is 1290. The Morgan fingerprint density at radius 3 is 2.07 bits per heavy atom. The van der Waals surface area contributed by atoms with Crippen molar-refractivity contribution in [3.63, 3.8) is 0 Å². The predicted octanol–water partition coefficient (Wildman–Crippen LogP) is -0.427. The third-order valence-electron chi connectivity index (χ3n) is 6.56.